The molecule has 0 fully saturated rings. The third-order valence-electron chi connectivity index (χ3n) is 2.27. The van der Waals surface area contributed by atoms with Crippen LogP contribution in [0.3, 0.4) is 0 Å². The molecule has 0 unspecified atom stereocenters. The Labute approximate surface area is 79.6 Å². The van der Waals surface area contributed by atoms with E-state index < -0.39 is 0 Å². The van der Waals surface area contributed by atoms with Crippen LogP contribution in [0.1, 0.15) is 19.4 Å². The Hall–Kier alpha value is -1.02. The van der Waals surface area contributed by atoms with Gasteiger partial charge >= 0.3 is 0 Å². The molecule has 13 heavy (non-hydrogen) atoms. The molecule has 1 aromatic rings. The first-order chi connectivity index (χ1) is 6.06. The van der Waals surface area contributed by atoms with E-state index in [-0.39, 0.29) is 5.41 Å². The average molecular weight is 179 g/mol. The molecule has 0 heterocycles. The van der Waals surface area contributed by atoms with Crippen LogP contribution in [0.25, 0.3) is 0 Å². The molecular formula is C11H17NO. The number of aromatic hydroxyl groups is 1. The summed E-state index contributed by atoms with van der Waals surface area (Å²) in [6.45, 7) is 5.28. The van der Waals surface area contributed by atoms with Crippen LogP contribution in [0.2, 0.25) is 0 Å². The maximum Gasteiger partial charge on any atom is 0.115 e. The van der Waals surface area contributed by atoms with Gasteiger partial charge in [-0.25, -0.2) is 0 Å². The van der Waals surface area contributed by atoms with Crippen molar-refractivity contribution in [3.63, 3.8) is 0 Å². The van der Waals surface area contributed by atoms with Gasteiger partial charge in [0.15, 0.2) is 0 Å². The zero-order chi connectivity index (χ0) is 9.90. The topological polar surface area (TPSA) is 32.3 Å². The fourth-order valence-electron chi connectivity index (χ4n) is 1.46. The van der Waals surface area contributed by atoms with Gasteiger partial charge in [-0.3, -0.25) is 0 Å². The summed E-state index contributed by atoms with van der Waals surface area (Å²) in [5.41, 5.74) is 1.35. The number of rotatable bonds is 3. The molecule has 0 aromatic heterocycles. The zero-order valence-corrected chi connectivity index (χ0v) is 8.46. The second-order valence-electron chi connectivity index (χ2n) is 3.96. The Morgan fingerprint density at radius 1 is 1.23 bits per heavy atom. The monoisotopic (exact) mass is 179 g/mol. The van der Waals surface area contributed by atoms with Crippen LogP contribution in [-0.2, 0) is 5.41 Å². The van der Waals surface area contributed by atoms with Crippen LogP contribution in [0.4, 0.5) is 0 Å². The van der Waals surface area contributed by atoms with E-state index in [1.165, 1.54) is 5.56 Å². The Kier molecular flexibility index (Phi) is 2.94. The SMILES string of the molecule is CNCC(C)(C)c1ccc(O)cc1. The highest BCUT2D eigenvalue weighted by molar-refractivity contribution is 5.30. The highest BCUT2D eigenvalue weighted by Crippen LogP contribution is 2.23. The zero-order valence-electron chi connectivity index (χ0n) is 8.46. The minimum Gasteiger partial charge on any atom is -0.508 e. The van der Waals surface area contributed by atoms with Gasteiger partial charge in [-0.1, -0.05) is 26.0 Å². The summed E-state index contributed by atoms with van der Waals surface area (Å²) in [6, 6.07) is 7.39. The highest BCUT2D eigenvalue weighted by Gasteiger charge is 2.18. The van der Waals surface area contributed by atoms with Crippen molar-refractivity contribution < 1.29 is 5.11 Å². The van der Waals surface area contributed by atoms with Crippen LogP contribution in [0, 0.1) is 0 Å². The minimum atomic E-state index is 0.114. The lowest BCUT2D eigenvalue weighted by Crippen LogP contribution is -2.30. The van der Waals surface area contributed by atoms with Crippen molar-refractivity contribution in [2.24, 2.45) is 0 Å². The molecule has 0 aliphatic carbocycles. The van der Waals surface area contributed by atoms with Crippen molar-refractivity contribution in [2.45, 2.75) is 19.3 Å². The van der Waals surface area contributed by atoms with Crippen molar-refractivity contribution in [1.29, 1.82) is 0 Å². The van der Waals surface area contributed by atoms with Gasteiger partial charge in [0.25, 0.3) is 0 Å². The standard InChI is InChI=1S/C11H17NO/c1-11(2,8-12-3)9-4-6-10(13)7-5-9/h4-7,12-13H,8H2,1-3H3. The molecule has 2 heteroatoms. The van der Waals surface area contributed by atoms with Crippen LogP contribution in [0.15, 0.2) is 24.3 Å². The van der Waals surface area contributed by atoms with Gasteiger partial charge in [0.05, 0.1) is 0 Å². The van der Waals surface area contributed by atoms with Crippen LogP contribution in [-0.4, -0.2) is 18.7 Å². The molecule has 1 rings (SSSR count). The largest absolute Gasteiger partial charge is 0.508 e. The third kappa shape index (κ3) is 2.46. The molecule has 0 bridgehead atoms. The van der Waals surface area contributed by atoms with Crippen molar-refractivity contribution in [3.8, 4) is 5.75 Å². The Morgan fingerprint density at radius 3 is 2.23 bits per heavy atom. The summed E-state index contributed by atoms with van der Waals surface area (Å²) in [5.74, 6) is 0.323. The number of benzene rings is 1. The normalized spacial score (nSPS) is 11.6. The van der Waals surface area contributed by atoms with Gasteiger partial charge in [-0.15, -0.1) is 0 Å². The molecule has 0 spiro atoms. The maximum atomic E-state index is 9.14. The number of phenols is 1. The molecule has 0 aliphatic heterocycles. The van der Waals surface area contributed by atoms with Crippen LogP contribution in [0.5, 0.6) is 5.75 Å². The molecule has 0 aliphatic rings. The molecule has 2 nitrogen and oxygen atoms in total. The lowest BCUT2D eigenvalue weighted by Gasteiger charge is -2.24. The maximum absolute atomic E-state index is 9.14. The van der Waals surface area contributed by atoms with Gasteiger partial charge in [-0.05, 0) is 24.7 Å². The minimum absolute atomic E-state index is 0.114. The molecule has 2 N–H and O–H groups in total. The predicted octanol–water partition coefficient (Wildman–Crippen LogP) is 1.89. The van der Waals surface area contributed by atoms with E-state index in [2.05, 4.69) is 19.2 Å². The quantitative estimate of drug-likeness (QED) is 0.742. The summed E-state index contributed by atoms with van der Waals surface area (Å²) < 4.78 is 0. The van der Waals surface area contributed by atoms with Crippen molar-refractivity contribution in [2.75, 3.05) is 13.6 Å². The second kappa shape index (κ2) is 3.79. The summed E-state index contributed by atoms with van der Waals surface area (Å²) in [7, 11) is 1.95. The molecule has 0 saturated carbocycles. The molecule has 1 aromatic carbocycles. The smallest absolute Gasteiger partial charge is 0.115 e. The van der Waals surface area contributed by atoms with E-state index in [0.29, 0.717) is 5.75 Å². The fourth-order valence-corrected chi connectivity index (χ4v) is 1.46. The summed E-state index contributed by atoms with van der Waals surface area (Å²) in [5, 5.41) is 12.3. The van der Waals surface area contributed by atoms with E-state index in [4.69, 9.17) is 5.11 Å². The number of phenolic OH excluding ortho intramolecular Hbond substituents is 1. The van der Waals surface area contributed by atoms with E-state index in [0.717, 1.165) is 6.54 Å². The molecule has 0 saturated heterocycles. The van der Waals surface area contributed by atoms with Crippen LogP contribution >= 0.6 is 0 Å². The van der Waals surface area contributed by atoms with Gasteiger partial charge in [0.2, 0.25) is 0 Å². The Balaban J connectivity index is 2.87. The fraction of sp³-hybridized carbons (Fsp3) is 0.455. The molecular weight excluding hydrogens is 162 g/mol. The number of likely N-dealkylation sites (N-methyl/N-ethyl adjacent to an activating group) is 1. The number of hydrogen-bond donors (Lipinski definition) is 2. The first kappa shape index (κ1) is 10.1. The van der Waals surface area contributed by atoms with Crippen LogP contribution < -0.4 is 5.32 Å². The summed E-state index contributed by atoms with van der Waals surface area (Å²) in [6.07, 6.45) is 0. The summed E-state index contributed by atoms with van der Waals surface area (Å²) in [4.78, 5) is 0. The van der Waals surface area contributed by atoms with E-state index in [9.17, 15) is 0 Å². The second-order valence-corrected chi connectivity index (χ2v) is 3.96. The highest BCUT2D eigenvalue weighted by atomic mass is 16.3. The van der Waals surface area contributed by atoms with E-state index in [1.807, 2.05) is 19.2 Å². The first-order valence-corrected chi connectivity index (χ1v) is 4.50. The summed E-state index contributed by atoms with van der Waals surface area (Å²) >= 11 is 0. The van der Waals surface area contributed by atoms with Gasteiger partial charge in [0, 0.05) is 12.0 Å². The molecule has 0 atom stereocenters. The van der Waals surface area contributed by atoms with Crippen molar-refractivity contribution in [1.82, 2.24) is 5.32 Å². The number of hydrogen-bond acceptors (Lipinski definition) is 2. The van der Waals surface area contributed by atoms with Crippen molar-refractivity contribution in [3.05, 3.63) is 29.8 Å². The third-order valence-corrected chi connectivity index (χ3v) is 2.27. The average Bonchev–Trinajstić information content (AvgIpc) is 2.05. The first-order valence-electron chi connectivity index (χ1n) is 4.50. The molecule has 0 amide bonds. The van der Waals surface area contributed by atoms with E-state index >= 15 is 0 Å². The lowest BCUT2D eigenvalue weighted by atomic mass is 9.85. The van der Waals surface area contributed by atoms with Gasteiger partial charge in [-0.2, -0.15) is 0 Å². The van der Waals surface area contributed by atoms with E-state index in [1.54, 1.807) is 12.1 Å². The number of nitrogens with one attached hydrogen (secondary N) is 1. The van der Waals surface area contributed by atoms with Gasteiger partial charge < -0.3 is 10.4 Å². The Morgan fingerprint density at radius 2 is 1.77 bits per heavy atom. The van der Waals surface area contributed by atoms with Gasteiger partial charge in [0.1, 0.15) is 5.75 Å². The molecule has 72 valence electrons. The van der Waals surface area contributed by atoms with Crippen molar-refractivity contribution >= 4 is 0 Å². The predicted molar refractivity (Wildman–Crippen MR) is 55.1 cm³/mol. The lowest BCUT2D eigenvalue weighted by molar-refractivity contribution is 0.470. The Bertz CT molecular complexity index is 264. The molecule has 0 radical (unpaired) electrons.